The molecule has 0 spiro atoms. The first-order chi connectivity index (χ1) is 8.72. The van der Waals surface area contributed by atoms with Crippen LogP contribution in [0.4, 0.5) is 0 Å². The zero-order valence-electron chi connectivity index (χ0n) is 9.00. The van der Waals surface area contributed by atoms with Gasteiger partial charge in [-0.25, -0.2) is 4.98 Å². The van der Waals surface area contributed by atoms with Gasteiger partial charge in [0, 0.05) is 25.2 Å². The summed E-state index contributed by atoms with van der Waals surface area (Å²) in [4.78, 5) is 7.41. The van der Waals surface area contributed by atoms with Crippen LogP contribution in [0.2, 0.25) is 10.3 Å². The van der Waals surface area contributed by atoms with E-state index >= 15 is 0 Å². The van der Waals surface area contributed by atoms with Gasteiger partial charge in [-0.15, -0.1) is 11.3 Å². The van der Waals surface area contributed by atoms with Crippen LogP contribution in [0.15, 0.2) is 30.3 Å². The quantitative estimate of drug-likeness (QED) is 0.472. The van der Waals surface area contributed by atoms with Crippen molar-refractivity contribution in [3.8, 4) is 0 Å². The number of nitrogens with zero attached hydrogens (tertiary/aromatic N) is 1. The Morgan fingerprint density at radius 3 is 2.78 bits per heavy atom. The highest BCUT2D eigenvalue weighted by Crippen LogP contribution is 2.38. The lowest BCUT2D eigenvalue weighted by Crippen LogP contribution is -1.72. The Morgan fingerprint density at radius 2 is 1.89 bits per heavy atom. The lowest BCUT2D eigenvalue weighted by atomic mass is 10.1. The number of aromatic nitrogens is 2. The Balaban J connectivity index is 2.34. The lowest BCUT2D eigenvalue weighted by Gasteiger charge is -1.94. The average Bonchev–Trinajstić information content (AvgIpc) is 2.87. The molecule has 0 aliphatic carbocycles. The van der Waals surface area contributed by atoms with Crippen LogP contribution < -0.4 is 0 Å². The summed E-state index contributed by atoms with van der Waals surface area (Å²) >= 11 is 13.8. The number of imidazole rings is 1. The third-order valence-electron chi connectivity index (χ3n) is 3.02. The van der Waals surface area contributed by atoms with Crippen molar-refractivity contribution in [2.75, 3.05) is 0 Å². The van der Waals surface area contributed by atoms with Gasteiger partial charge < -0.3 is 4.98 Å². The summed E-state index contributed by atoms with van der Waals surface area (Å²) < 4.78 is 2.41. The molecular weight excluding hydrogens is 287 g/mol. The number of benzene rings is 2. The van der Waals surface area contributed by atoms with Crippen molar-refractivity contribution >= 4 is 65.7 Å². The average molecular weight is 293 g/mol. The third-order valence-corrected chi connectivity index (χ3v) is 4.57. The Labute approximate surface area is 116 Å². The van der Waals surface area contributed by atoms with E-state index in [0.29, 0.717) is 5.28 Å². The molecule has 2 nitrogen and oxygen atoms in total. The molecule has 0 unspecified atom stereocenters. The smallest absolute Gasteiger partial charge is 0.201 e. The van der Waals surface area contributed by atoms with Crippen molar-refractivity contribution < 1.29 is 0 Å². The van der Waals surface area contributed by atoms with E-state index < -0.39 is 0 Å². The molecule has 0 radical (unpaired) electrons. The summed E-state index contributed by atoms with van der Waals surface area (Å²) in [5.74, 6) is 0. The molecular formula is C13H6Cl2N2S. The predicted molar refractivity (Wildman–Crippen MR) is 79.0 cm³/mol. The molecule has 0 bridgehead atoms. The van der Waals surface area contributed by atoms with Crippen molar-refractivity contribution in [3.05, 3.63) is 40.6 Å². The largest absolute Gasteiger partial charge is 0.329 e. The topological polar surface area (TPSA) is 28.7 Å². The number of hydrogen-bond donors (Lipinski definition) is 1. The van der Waals surface area contributed by atoms with Gasteiger partial charge in [-0.2, -0.15) is 0 Å². The van der Waals surface area contributed by atoms with Gasteiger partial charge in [0.25, 0.3) is 0 Å². The van der Waals surface area contributed by atoms with E-state index in [1.54, 1.807) is 11.3 Å². The molecule has 0 atom stereocenters. The Morgan fingerprint density at radius 1 is 1.06 bits per heavy atom. The van der Waals surface area contributed by atoms with E-state index in [2.05, 4.69) is 16.0 Å². The zero-order valence-corrected chi connectivity index (χ0v) is 11.3. The second kappa shape index (κ2) is 3.60. The maximum Gasteiger partial charge on any atom is 0.201 e. The minimum absolute atomic E-state index is 0.416. The van der Waals surface area contributed by atoms with E-state index in [4.69, 9.17) is 23.2 Å². The van der Waals surface area contributed by atoms with Crippen molar-refractivity contribution in [3.63, 3.8) is 0 Å². The molecule has 5 heteroatoms. The van der Waals surface area contributed by atoms with Crippen LogP contribution >= 0.6 is 34.5 Å². The molecule has 4 rings (SSSR count). The van der Waals surface area contributed by atoms with Gasteiger partial charge in [0.15, 0.2) is 0 Å². The molecule has 2 aromatic carbocycles. The molecule has 88 valence electrons. The van der Waals surface area contributed by atoms with E-state index in [-0.39, 0.29) is 0 Å². The second-order valence-corrected chi connectivity index (χ2v) is 5.98. The molecule has 0 aliphatic heterocycles. The number of aromatic amines is 1. The molecule has 0 saturated heterocycles. The summed E-state index contributed by atoms with van der Waals surface area (Å²) in [6.45, 7) is 0. The van der Waals surface area contributed by atoms with Gasteiger partial charge in [0.1, 0.15) is 0 Å². The second-order valence-electron chi connectivity index (χ2n) is 4.11. The number of hydrogen-bond acceptors (Lipinski definition) is 2. The fraction of sp³-hybridized carbons (Fsp3) is 0. The maximum absolute atomic E-state index is 6.08. The Bertz CT molecular complexity index is 907. The van der Waals surface area contributed by atoms with Gasteiger partial charge in [-0.3, -0.25) is 0 Å². The van der Waals surface area contributed by atoms with Gasteiger partial charge >= 0.3 is 0 Å². The molecule has 1 N–H and O–H groups in total. The lowest BCUT2D eigenvalue weighted by molar-refractivity contribution is 1.34. The van der Waals surface area contributed by atoms with Crippen LogP contribution in [0, 0.1) is 0 Å². The summed E-state index contributed by atoms with van der Waals surface area (Å²) in [7, 11) is 0. The van der Waals surface area contributed by atoms with Crippen LogP contribution in [0.5, 0.6) is 0 Å². The van der Waals surface area contributed by atoms with Crippen molar-refractivity contribution in [1.82, 2.24) is 9.97 Å². The number of nitrogens with one attached hydrogen (secondary N) is 1. The van der Waals surface area contributed by atoms with Crippen LogP contribution in [0.25, 0.3) is 31.2 Å². The standard InChI is InChI=1S/C13H6Cl2N2S/c14-6-1-3-9-7(5-6)11-10(18-9)4-2-8-12(11)17-13(15)16-8/h1-5H,(H,16,17). The summed E-state index contributed by atoms with van der Waals surface area (Å²) in [5, 5.41) is 3.41. The van der Waals surface area contributed by atoms with Crippen LogP contribution in [0.1, 0.15) is 0 Å². The fourth-order valence-electron chi connectivity index (χ4n) is 2.28. The minimum Gasteiger partial charge on any atom is -0.329 e. The molecule has 0 saturated carbocycles. The predicted octanol–water partition coefficient (Wildman–Crippen LogP) is 5.24. The van der Waals surface area contributed by atoms with Crippen molar-refractivity contribution in [2.24, 2.45) is 0 Å². The monoisotopic (exact) mass is 292 g/mol. The summed E-state index contributed by atoms with van der Waals surface area (Å²) in [6.07, 6.45) is 0. The van der Waals surface area contributed by atoms with E-state index in [1.807, 2.05) is 24.3 Å². The zero-order chi connectivity index (χ0) is 12.3. The molecule has 0 fully saturated rings. The van der Waals surface area contributed by atoms with Crippen molar-refractivity contribution in [1.29, 1.82) is 0 Å². The highest BCUT2D eigenvalue weighted by atomic mass is 35.5. The number of fused-ring (bicyclic) bond motifs is 5. The first-order valence-electron chi connectivity index (χ1n) is 5.38. The van der Waals surface area contributed by atoms with Gasteiger partial charge in [-0.05, 0) is 41.9 Å². The van der Waals surface area contributed by atoms with E-state index in [1.165, 1.54) is 9.40 Å². The van der Waals surface area contributed by atoms with Gasteiger partial charge in [0.2, 0.25) is 5.28 Å². The number of H-pyrrole nitrogens is 1. The molecule has 0 amide bonds. The molecule has 4 aromatic rings. The highest BCUT2D eigenvalue weighted by molar-refractivity contribution is 7.26. The number of halogens is 2. The van der Waals surface area contributed by atoms with Crippen molar-refractivity contribution in [2.45, 2.75) is 0 Å². The highest BCUT2D eigenvalue weighted by Gasteiger charge is 2.11. The normalized spacial score (nSPS) is 11.9. The molecule has 0 aliphatic rings. The first-order valence-corrected chi connectivity index (χ1v) is 6.95. The Hall–Kier alpha value is -1.29. The molecule has 18 heavy (non-hydrogen) atoms. The van der Waals surface area contributed by atoms with Gasteiger partial charge in [0.05, 0.1) is 11.0 Å². The van der Waals surface area contributed by atoms with E-state index in [9.17, 15) is 0 Å². The molecule has 2 heterocycles. The molecule has 2 aromatic heterocycles. The summed E-state index contributed by atoms with van der Waals surface area (Å²) in [5.41, 5.74) is 1.86. The number of rotatable bonds is 0. The summed E-state index contributed by atoms with van der Waals surface area (Å²) in [6, 6.07) is 10.0. The minimum atomic E-state index is 0.416. The third kappa shape index (κ3) is 1.38. The fourth-order valence-corrected chi connectivity index (χ4v) is 3.72. The van der Waals surface area contributed by atoms with Gasteiger partial charge in [-0.1, -0.05) is 11.6 Å². The number of thiophene rings is 1. The maximum atomic E-state index is 6.08. The first kappa shape index (κ1) is 10.6. The Kier molecular flexibility index (Phi) is 2.13. The van der Waals surface area contributed by atoms with Crippen LogP contribution in [-0.4, -0.2) is 9.97 Å². The van der Waals surface area contributed by atoms with Crippen LogP contribution in [0.3, 0.4) is 0 Å². The SMILES string of the molecule is Clc1ccc2sc3ccc4[nH]c(Cl)nc4c3c2c1. The van der Waals surface area contributed by atoms with Crippen LogP contribution in [-0.2, 0) is 0 Å². The van der Waals surface area contributed by atoms with E-state index in [0.717, 1.165) is 26.8 Å².